The average Bonchev–Trinajstić information content (AvgIpc) is 2.57. The lowest BCUT2D eigenvalue weighted by molar-refractivity contribution is -0.118. The van der Waals surface area contributed by atoms with E-state index >= 15 is 0 Å². The number of hydrogen-bond donors (Lipinski definition) is 1. The molecule has 1 heterocycles. The molecule has 0 spiro atoms. The number of fused-ring (bicyclic) bond motifs is 1. The zero-order valence-electron chi connectivity index (χ0n) is 13.0. The predicted molar refractivity (Wildman–Crippen MR) is 89.6 cm³/mol. The van der Waals surface area contributed by atoms with Gasteiger partial charge >= 0.3 is 0 Å². The van der Waals surface area contributed by atoms with Crippen molar-refractivity contribution < 1.29 is 9.53 Å². The molecule has 3 rings (SSSR count). The third-order valence-electron chi connectivity index (χ3n) is 3.72. The zero-order valence-corrected chi connectivity index (χ0v) is 13.0. The van der Waals surface area contributed by atoms with E-state index in [9.17, 15) is 4.79 Å². The molecule has 116 valence electrons. The molecule has 0 aliphatic carbocycles. The highest BCUT2D eigenvalue weighted by Crippen LogP contribution is 2.21. The van der Waals surface area contributed by atoms with Crippen LogP contribution in [-0.2, 0) is 4.79 Å². The van der Waals surface area contributed by atoms with Gasteiger partial charge in [0.25, 0.3) is 5.91 Å². The molecule has 0 unspecified atom stereocenters. The van der Waals surface area contributed by atoms with E-state index in [1.807, 2.05) is 56.3 Å². The first-order valence-electron chi connectivity index (χ1n) is 7.34. The van der Waals surface area contributed by atoms with Crippen LogP contribution in [-0.4, -0.2) is 22.5 Å². The number of para-hydroxylation sites is 1. The van der Waals surface area contributed by atoms with Gasteiger partial charge in [0.2, 0.25) is 5.88 Å². The molecule has 0 saturated carbocycles. The molecule has 0 atom stereocenters. The zero-order chi connectivity index (χ0) is 16.2. The maximum Gasteiger partial charge on any atom is 0.262 e. The van der Waals surface area contributed by atoms with Crippen molar-refractivity contribution in [2.45, 2.75) is 13.8 Å². The maximum atomic E-state index is 12.1. The minimum atomic E-state index is -0.221. The number of nitrogens with one attached hydrogen (secondary N) is 1. The van der Waals surface area contributed by atoms with Crippen LogP contribution in [0.3, 0.4) is 0 Å². The molecule has 0 saturated heterocycles. The highest BCUT2D eigenvalue weighted by Gasteiger charge is 2.09. The number of ether oxygens (including phenoxy) is 1. The van der Waals surface area contributed by atoms with Crippen molar-refractivity contribution in [2.75, 3.05) is 11.9 Å². The van der Waals surface area contributed by atoms with E-state index in [4.69, 9.17) is 4.74 Å². The van der Waals surface area contributed by atoms with E-state index in [2.05, 4.69) is 15.3 Å². The van der Waals surface area contributed by atoms with Crippen LogP contribution in [0.15, 0.2) is 48.8 Å². The van der Waals surface area contributed by atoms with Gasteiger partial charge in [0.15, 0.2) is 6.61 Å². The summed E-state index contributed by atoms with van der Waals surface area (Å²) in [5.74, 6) is 0.188. The summed E-state index contributed by atoms with van der Waals surface area (Å²) in [6, 6.07) is 13.3. The molecule has 0 aliphatic heterocycles. The molecule has 5 heteroatoms. The summed E-state index contributed by atoms with van der Waals surface area (Å²) in [4.78, 5) is 20.4. The van der Waals surface area contributed by atoms with Gasteiger partial charge in [0, 0.05) is 5.69 Å². The number of rotatable bonds is 4. The van der Waals surface area contributed by atoms with Gasteiger partial charge in [0.05, 0.1) is 10.9 Å². The summed E-state index contributed by atoms with van der Waals surface area (Å²) in [5, 5.41) is 3.65. The third kappa shape index (κ3) is 3.29. The monoisotopic (exact) mass is 307 g/mol. The first-order valence-corrected chi connectivity index (χ1v) is 7.34. The Kier molecular flexibility index (Phi) is 4.19. The fraction of sp³-hybridized carbons (Fsp3) is 0.167. The largest absolute Gasteiger partial charge is 0.467 e. The van der Waals surface area contributed by atoms with Crippen molar-refractivity contribution in [3.63, 3.8) is 0 Å². The number of aromatic nitrogens is 2. The minimum Gasteiger partial charge on any atom is -0.467 e. The van der Waals surface area contributed by atoms with Crippen molar-refractivity contribution in [1.29, 1.82) is 0 Å². The Balaban J connectivity index is 1.70. The molecule has 3 aromatic rings. The summed E-state index contributed by atoms with van der Waals surface area (Å²) in [6.07, 6.45) is 1.43. The first kappa shape index (κ1) is 15.0. The number of hydrogen-bond acceptors (Lipinski definition) is 4. The van der Waals surface area contributed by atoms with Gasteiger partial charge in [-0.25, -0.2) is 9.97 Å². The number of carbonyl (C=O) groups excluding carboxylic acids is 1. The topological polar surface area (TPSA) is 64.1 Å². The Labute approximate surface area is 134 Å². The van der Waals surface area contributed by atoms with Crippen LogP contribution in [0.1, 0.15) is 11.1 Å². The van der Waals surface area contributed by atoms with Crippen molar-refractivity contribution >= 4 is 22.5 Å². The number of amides is 1. The molecule has 0 radical (unpaired) electrons. The van der Waals surface area contributed by atoms with Crippen LogP contribution >= 0.6 is 0 Å². The van der Waals surface area contributed by atoms with Gasteiger partial charge in [-0.15, -0.1) is 0 Å². The lowest BCUT2D eigenvalue weighted by Crippen LogP contribution is -2.21. The Morgan fingerprint density at radius 1 is 1.09 bits per heavy atom. The molecule has 5 nitrogen and oxygen atoms in total. The molecule has 0 fully saturated rings. The Morgan fingerprint density at radius 2 is 1.91 bits per heavy atom. The van der Waals surface area contributed by atoms with Gasteiger partial charge < -0.3 is 10.1 Å². The van der Waals surface area contributed by atoms with Crippen LogP contribution in [0.2, 0.25) is 0 Å². The smallest absolute Gasteiger partial charge is 0.262 e. The second kappa shape index (κ2) is 6.44. The lowest BCUT2D eigenvalue weighted by atomic mass is 10.1. The van der Waals surface area contributed by atoms with E-state index in [0.29, 0.717) is 5.88 Å². The van der Waals surface area contributed by atoms with E-state index in [1.54, 1.807) is 0 Å². The summed E-state index contributed by atoms with van der Waals surface area (Å²) in [7, 11) is 0. The SMILES string of the molecule is Cc1cccc(NC(=O)COc2ncnc3ccccc23)c1C. The lowest BCUT2D eigenvalue weighted by Gasteiger charge is -2.11. The second-order valence-corrected chi connectivity index (χ2v) is 5.28. The molecular formula is C18H17N3O2. The number of anilines is 1. The van der Waals surface area contributed by atoms with Gasteiger partial charge in [-0.2, -0.15) is 0 Å². The summed E-state index contributed by atoms with van der Waals surface area (Å²) in [6.45, 7) is 3.88. The third-order valence-corrected chi connectivity index (χ3v) is 3.72. The van der Waals surface area contributed by atoms with E-state index in [-0.39, 0.29) is 12.5 Å². The van der Waals surface area contributed by atoms with Crippen molar-refractivity contribution in [2.24, 2.45) is 0 Å². The van der Waals surface area contributed by atoms with Crippen LogP contribution in [0, 0.1) is 13.8 Å². The van der Waals surface area contributed by atoms with Crippen molar-refractivity contribution in [1.82, 2.24) is 9.97 Å². The fourth-order valence-electron chi connectivity index (χ4n) is 2.30. The molecule has 0 aliphatic rings. The fourth-order valence-corrected chi connectivity index (χ4v) is 2.30. The number of nitrogens with zero attached hydrogens (tertiary/aromatic N) is 2. The van der Waals surface area contributed by atoms with E-state index in [0.717, 1.165) is 27.7 Å². The minimum absolute atomic E-state index is 0.103. The first-order chi connectivity index (χ1) is 11.1. The highest BCUT2D eigenvalue weighted by atomic mass is 16.5. The Morgan fingerprint density at radius 3 is 2.78 bits per heavy atom. The molecule has 1 amide bonds. The molecule has 0 bridgehead atoms. The van der Waals surface area contributed by atoms with Gasteiger partial charge in [0.1, 0.15) is 6.33 Å². The summed E-state index contributed by atoms with van der Waals surface area (Å²) in [5.41, 5.74) is 3.76. The number of carbonyl (C=O) groups is 1. The Hall–Kier alpha value is -2.95. The van der Waals surface area contributed by atoms with Crippen molar-refractivity contribution in [3.8, 4) is 5.88 Å². The highest BCUT2D eigenvalue weighted by molar-refractivity contribution is 5.93. The second-order valence-electron chi connectivity index (χ2n) is 5.28. The molecule has 23 heavy (non-hydrogen) atoms. The van der Waals surface area contributed by atoms with Crippen LogP contribution in [0.25, 0.3) is 10.9 Å². The summed E-state index contributed by atoms with van der Waals surface area (Å²) < 4.78 is 5.56. The van der Waals surface area contributed by atoms with Gasteiger partial charge in [-0.05, 0) is 43.2 Å². The summed E-state index contributed by atoms with van der Waals surface area (Å²) >= 11 is 0. The Bertz CT molecular complexity index is 857. The molecule has 2 aromatic carbocycles. The molecule has 1 aromatic heterocycles. The quantitative estimate of drug-likeness (QED) is 0.803. The molecular weight excluding hydrogens is 290 g/mol. The average molecular weight is 307 g/mol. The van der Waals surface area contributed by atoms with Crippen LogP contribution in [0.4, 0.5) is 5.69 Å². The van der Waals surface area contributed by atoms with Gasteiger partial charge in [-0.1, -0.05) is 24.3 Å². The van der Waals surface area contributed by atoms with Crippen molar-refractivity contribution in [3.05, 3.63) is 59.9 Å². The normalized spacial score (nSPS) is 10.5. The van der Waals surface area contributed by atoms with Crippen LogP contribution < -0.4 is 10.1 Å². The van der Waals surface area contributed by atoms with Crippen LogP contribution in [0.5, 0.6) is 5.88 Å². The van der Waals surface area contributed by atoms with E-state index < -0.39 is 0 Å². The standard InChI is InChI=1S/C18H17N3O2/c1-12-6-5-9-15(13(12)2)21-17(22)10-23-18-14-7-3-4-8-16(14)19-11-20-18/h3-9,11H,10H2,1-2H3,(H,21,22). The van der Waals surface area contributed by atoms with Gasteiger partial charge in [-0.3, -0.25) is 4.79 Å². The predicted octanol–water partition coefficient (Wildman–Crippen LogP) is 3.26. The van der Waals surface area contributed by atoms with E-state index in [1.165, 1.54) is 6.33 Å². The molecule has 1 N–H and O–H groups in total. The number of benzene rings is 2. The number of aryl methyl sites for hydroxylation is 1. The maximum absolute atomic E-state index is 12.1.